The molecule has 0 bridgehead atoms. The minimum atomic E-state index is -4.07. The Hall–Kier alpha value is 0.250. The van der Waals surface area contributed by atoms with E-state index in [4.69, 9.17) is 0 Å². The van der Waals surface area contributed by atoms with Crippen LogP contribution >= 0.6 is 0 Å². The van der Waals surface area contributed by atoms with Crippen LogP contribution in [0.4, 0.5) is 0 Å². The first-order chi connectivity index (χ1) is 5.47. The maximum Gasteiger partial charge on any atom is 1.00 e. The molecule has 0 amide bonds. The van der Waals surface area contributed by atoms with Crippen molar-refractivity contribution in [1.82, 2.24) is 9.80 Å². The first kappa shape index (κ1) is 13.2. The molecule has 0 aliphatic carbocycles. The largest absolute Gasteiger partial charge is 1.00 e. The maximum atomic E-state index is 10.2. The average Bonchev–Trinajstić information content (AvgIpc) is 2.30. The summed E-state index contributed by atoms with van der Waals surface area (Å²) in [6, 6.07) is 0. The molecule has 0 aromatic carbocycles. The maximum absolute atomic E-state index is 10.2. The molecule has 0 radical (unpaired) electrons. The topological polar surface area (TPSA) is 63.7 Å². The Morgan fingerprint density at radius 2 is 2.08 bits per heavy atom. The molecule has 70 valence electrons. The minimum Gasteiger partial charge on any atom is -0.748 e. The quantitative estimate of drug-likeness (QED) is 0.356. The Balaban J connectivity index is 0.00000144. The van der Waals surface area contributed by atoms with Crippen LogP contribution in [-0.2, 0) is 10.1 Å². The van der Waals surface area contributed by atoms with Gasteiger partial charge < -0.3 is 14.4 Å². The number of hydrogen-bond acceptors (Lipinski definition) is 5. The molecule has 1 aliphatic heterocycles. The molecule has 7 heteroatoms. The fraction of sp³-hybridized carbons (Fsp3) is 0.667. The summed E-state index contributed by atoms with van der Waals surface area (Å²) in [5, 5.41) is 0. The van der Waals surface area contributed by atoms with Crippen molar-refractivity contribution in [3.63, 3.8) is 0 Å². The van der Waals surface area contributed by atoms with Crippen LogP contribution in [0.5, 0.6) is 0 Å². The summed E-state index contributed by atoms with van der Waals surface area (Å²) in [6.07, 6.45) is 3.60. The third-order valence-electron chi connectivity index (χ3n) is 1.57. The molecule has 0 fully saturated rings. The van der Waals surface area contributed by atoms with Crippen molar-refractivity contribution in [2.24, 2.45) is 0 Å². The van der Waals surface area contributed by atoms with Crippen LogP contribution in [-0.4, -0.2) is 48.8 Å². The molecule has 1 aliphatic rings. The van der Waals surface area contributed by atoms with Crippen molar-refractivity contribution in [2.45, 2.75) is 0 Å². The second-order valence-electron chi connectivity index (χ2n) is 2.77. The van der Waals surface area contributed by atoms with E-state index < -0.39 is 10.1 Å². The standard InChI is InChI=1S/C6H12N2O3S.Na/c1-7-2-3-8(6-7)4-5-12(9,10)11;/h2-3H,4-6H2,1H3,(H,9,10,11);/q;+1/p-1. The molecule has 1 rings (SSSR count). The van der Waals surface area contributed by atoms with E-state index in [0.717, 1.165) is 0 Å². The second-order valence-corrected chi connectivity index (χ2v) is 4.29. The zero-order valence-electron chi connectivity index (χ0n) is 7.80. The van der Waals surface area contributed by atoms with Gasteiger partial charge in [0.1, 0.15) is 0 Å². The van der Waals surface area contributed by atoms with Gasteiger partial charge in [0.2, 0.25) is 0 Å². The van der Waals surface area contributed by atoms with E-state index in [0.29, 0.717) is 6.67 Å². The molecule has 0 atom stereocenters. The van der Waals surface area contributed by atoms with E-state index in [1.54, 1.807) is 11.1 Å². The molecule has 0 saturated heterocycles. The first-order valence-corrected chi connectivity index (χ1v) is 5.11. The molecular weight excluding hydrogens is 203 g/mol. The molecule has 13 heavy (non-hydrogen) atoms. The van der Waals surface area contributed by atoms with E-state index in [-0.39, 0.29) is 41.9 Å². The normalized spacial score (nSPS) is 16.2. The third kappa shape index (κ3) is 5.53. The summed E-state index contributed by atoms with van der Waals surface area (Å²) < 4.78 is 30.7. The van der Waals surface area contributed by atoms with Gasteiger partial charge in [0.25, 0.3) is 0 Å². The summed E-state index contributed by atoms with van der Waals surface area (Å²) in [7, 11) is -2.20. The number of nitrogens with zero attached hydrogens (tertiary/aromatic N) is 2. The first-order valence-electron chi connectivity index (χ1n) is 3.53. The average molecular weight is 214 g/mol. The van der Waals surface area contributed by atoms with Gasteiger partial charge in [-0.3, -0.25) is 0 Å². The Labute approximate surface area is 100 Å². The van der Waals surface area contributed by atoms with Crippen molar-refractivity contribution < 1.29 is 42.5 Å². The van der Waals surface area contributed by atoms with Gasteiger partial charge in [0.05, 0.1) is 22.5 Å². The molecule has 0 spiro atoms. The second kappa shape index (κ2) is 5.21. The summed E-state index contributed by atoms with van der Waals surface area (Å²) in [4.78, 5) is 3.67. The van der Waals surface area contributed by atoms with E-state index in [9.17, 15) is 13.0 Å². The zero-order chi connectivity index (χ0) is 9.19. The molecule has 0 unspecified atom stereocenters. The number of hydrogen-bond donors (Lipinski definition) is 0. The third-order valence-corrected chi connectivity index (χ3v) is 2.25. The Morgan fingerprint density at radius 1 is 1.46 bits per heavy atom. The van der Waals surface area contributed by atoms with Crippen molar-refractivity contribution in [3.05, 3.63) is 12.4 Å². The summed E-state index contributed by atoms with van der Waals surface area (Å²) in [5.74, 6) is -0.328. The fourth-order valence-electron chi connectivity index (χ4n) is 0.963. The van der Waals surface area contributed by atoms with Crippen molar-refractivity contribution in [1.29, 1.82) is 0 Å². The molecule has 1 heterocycles. The van der Waals surface area contributed by atoms with E-state index >= 15 is 0 Å². The molecule has 0 aromatic heterocycles. The number of rotatable bonds is 3. The van der Waals surface area contributed by atoms with E-state index in [2.05, 4.69) is 0 Å². The van der Waals surface area contributed by atoms with Crippen molar-refractivity contribution in [2.75, 3.05) is 26.0 Å². The minimum absolute atomic E-state index is 0. The predicted octanol–water partition coefficient (Wildman–Crippen LogP) is -3.79. The van der Waals surface area contributed by atoms with Crippen LogP contribution in [0.2, 0.25) is 0 Å². The van der Waals surface area contributed by atoms with Gasteiger partial charge >= 0.3 is 29.6 Å². The monoisotopic (exact) mass is 214 g/mol. The molecule has 0 aromatic rings. The molecule has 0 N–H and O–H groups in total. The zero-order valence-corrected chi connectivity index (χ0v) is 10.6. The summed E-state index contributed by atoms with van der Waals surface area (Å²) >= 11 is 0. The van der Waals surface area contributed by atoms with Gasteiger partial charge in [-0.05, 0) is 0 Å². The van der Waals surface area contributed by atoms with Gasteiger partial charge in [-0.25, -0.2) is 8.42 Å². The van der Waals surface area contributed by atoms with Crippen molar-refractivity contribution in [3.8, 4) is 0 Å². The van der Waals surface area contributed by atoms with Crippen LogP contribution in [0.3, 0.4) is 0 Å². The van der Waals surface area contributed by atoms with E-state index in [1.807, 2.05) is 18.1 Å². The van der Waals surface area contributed by atoms with Gasteiger partial charge in [-0.2, -0.15) is 0 Å². The van der Waals surface area contributed by atoms with Crippen LogP contribution in [0.1, 0.15) is 0 Å². The van der Waals surface area contributed by atoms with Crippen LogP contribution < -0.4 is 29.6 Å². The van der Waals surface area contributed by atoms with Gasteiger partial charge in [0, 0.05) is 26.0 Å². The molecular formula is C6H11N2NaO3S. The smallest absolute Gasteiger partial charge is 0.748 e. The van der Waals surface area contributed by atoms with Crippen molar-refractivity contribution >= 4 is 10.1 Å². The summed E-state index contributed by atoms with van der Waals surface area (Å²) in [5.41, 5.74) is 0. The Kier molecular flexibility index (Phi) is 5.31. The van der Waals surface area contributed by atoms with Crippen LogP contribution in [0.25, 0.3) is 0 Å². The van der Waals surface area contributed by atoms with Gasteiger partial charge in [0.15, 0.2) is 0 Å². The van der Waals surface area contributed by atoms with E-state index in [1.165, 1.54) is 0 Å². The Bertz CT molecular complexity index is 278. The predicted molar refractivity (Wildman–Crippen MR) is 43.0 cm³/mol. The fourth-order valence-corrected chi connectivity index (χ4v) is 1.42. The van der Waals surface area contributed by atoms with Crippen LogP contribution in [0.15, 0.2) is 12.4 Å². The SMILES string of the molecule is CN1C=CN(CCS(=O)(=O)[O-])C1.[Na+]. The van der Waals surface area contributed by atoms with Crippen LogP contribution in [0, 0.1) is 0 Å². The molecule has 0 saturated carbocycles. The van der Waals surface area contributed by atoms with Gasteiger partial charge in [-0.1, -0.05) is 0 Å². The molecule has 5 nitrogen and oxygen atoms in total. The van der Waals surface area contributed by atoms with Gasteiger partial charge in [-0.15, -0.1) is 0 Å². The summed E-state index contributed by atoms with van der Waals surface area (Å²) in [6.45, 7) is 0.919. The Morgan fingerprint density at radius 3 is 2.46 bits per heavy atom.